The normalized spacial score (nSPS) is 18.9. The van der Waals surface area contributed by atoms with Crippen molar-refractivity contribution in [3.8, 4) is 5.75 Å². The lowest BCUT2D eigenvalue weighted by atomic mass is 9.96. The Balaban J connectivity index is 0.00000288. The molecule has 0 radical (unpaired) electrons. The van der Waals surface area contributed by atoms with Crippen LogP contribution >= 0.6 is 12.4 Å². The Bertz CT molecular complexity index is 512. The van der Waals surface area contributed by atoms with Crippen LogP contribution in [-0.4, -0.2) is 36.0 Å². The van der Waals surface area contributed by atoms with Crippen molar-refractivity contribution in [1.29, 1.82) is 0 Å². The third-order valence-corrected chi connectivity index (χ3v) is 4.25. The number of amides is 1. The van der Waals surface area contributed by atoms with E-state index >= 15 is 0 Å². The van der Waals surface area contributed by atoms with Gasteiger partial charge in [-0.1, -0.05) is 12.1 Å². The van der Waals surface area contributed by atoms with Gasteiger partial charge in [0.2, 0.25) is 5.91 Å². The molecule has 1 saturated heterocycles. The Morgan fingerprint density at radius 2 is 2.00 bits per heavy atom. The third-order valence-electron chi connectivity index (χ3n) is 4.25. The highest BCUT2D eigenvalue weighted by Gasteiger charge is 2.28. The smallest absolute Gasteiger partial charge is 0.387 e. The monoisotopic (exact) mass is 362 g/mol. The fraction of sp³-hybridized carbons (Fsp3) is 0.588. The number of halogens is 3. The first kappa shape index (κ1) is 20.6. The van der Waals surface area contributed by atoms with E-state index in [2.05, 4.69) is 4.74 Å². The van der Waals surface area contributed by atoms with Gasteiger partial charge in [-0.15, -0.1) is 12.4 Å². The molecule has 4 nitrogen and oxygen atoms in total. The number of rotatable bonds is 6. The van der Waals surface area contributed by atoms with E-state index in [1.54, 1.807) is 12.1 Å². The second kappa shape index (κ2) is 9.79. The van der Waals surface area contributed by atoms with Gasteiger partial charge in [0.1, 0.15) is 5.75 Å². The first-order chi connectivity index (χ1) is 11.0. The number of nitrogens with zero attached hydrogens (tertiary/aromatic N) is 1. The largest absolute Gasteiger partial charge is 0.435 e. The molecule has 1 fully saturated rings. The summed E-state index contributed by atoms with van der Waals surface area (Å²) < 4.78 is 28.5. The Morgan fingerprint density at radius 1 is 1.33 bits per heavy atom. The standard InChI is InChI=1S/C17H24F2N2O2.ClH/c1-12(20)15-4-2-3-11-21(15)16(22)10-7-13-5-8-14(9-6-13)23-17(18)19;/h5-6,8-9,12,15,17H,2-4,7,10-11,20H2,1H3;1H. The van der Waals surface area contributed by atoms with Crippen LogP contribution in [0.3, 0.4) is 0 Å². The Labute approximate surface area is 147 Å². The fourth-order valence-electron chi connectivity index (χ4n) is 3.05. The molecular formula is C17H25ClF2N2O2. The topological polar surface area (TPSA) is 55.6 Å². The molecule has 1 heterocycles. The minimum absolute atomic E-state index is 0. The van der Waals surface area contributed by atoms with Gasteiger partial charge in [-0.3, -0.25) is 4.79 Å². The first-order valence-corrected chi connectivity index (χ1v) is 8.06. The molecule has 2 atom stereocenters. The molecular weight excluding hydrogens is 338 g/mol. The van der Waals surface area contributed by atoms with E-state index in [1.165, 1.54) is 12.1 Å². The van der Waals surface area contributed by atoms with Crippen molar-refractivity contribution in [2.75, 3.05) is 6.54 Å². The van der Waals surface area contributed by atoms with E-state index in [1.807, 2.05) is 11.8 Å². The molecule has 0 spiro atoms. The minimum Gasteiger partial charge on any atom is -0.435 e. The third kappa shape index (κ3) is 5.91. The van der Waals surface area contributed by atoms with Crippen LogP contribution in [0.5, 0.6) is 5.75 Å². The van der Waals surface area contributed by atoms with Gasteiger partial charge in [0.15, 0.2) is 0 Å². The van der Waals surface area contributed by atoms with Gasteiger partial charge in [0, 0.05) is 25.0 Å². The molecule has 1 amide bonds. The highest BCUT2D eigenvalue weighted by Crippen LogP contribution is 2.21. The van der Waals surface area contributed by atoms with E-state index in [4.69, 9.17) is 5.73 Å². The van der Waals surface area contributed by atoms with E-state index < -0.39 is 6.61 Å². The van der Waals surface area contributed by atoms with Gasteiger partial charge in [0.25, 0.3) is 0 Å². The molecule has 2 rings (SSSR count). The number of piperidine rings is 1. The molecule has 136 valence electrons. The number of carbonyl (C=O) groups is 1. The zero-order valence-electron chi connectivity index (χ0n) is 13.8. The average molecular weight is 363 g/mol. The van der Waals surface area contributed by atoms with Crippen molar-refractivity contribution in [2.45, 2.75) is 57.7 Å². The van der Waals surface area contributed by atoms with Gasteiger partial charge >= 0.3 is 6.61 Å². The number of ether oxygens (including phenoxy) is 1. The van der Waals surface area contributed by atoms with Gasteiger partial charge < -0.3 is 15.4 Å². The second-order valence-electron chi connectivity index (χ2n) is 6.03. The minimum atomic E-state index is -2.82. The van der Waals surface area contributed by atoms with Crippen LogP contribution in [0.4, 0.5) is 8.78 Å². The second-order valence-corrected chi connectivity index (χ2v) is 6.03. The highest BCUT2D eigenvalue weighted by molar-refractivity contribution is 5.85. The van der Waals surface area contributed by atoms with Crippen LogP contribution in [0.25, 0.3) is 0 Å². The molecule has 24 heavy (non-hydrogen) atoms. The summed E-state index contributed by atoms with van der Waals surface area (Å²) in [7, 11) is 0. The van der Waals surface area contributed by atoms with Crippen molar-refractivity contribution in [1.82, 2.24) is 4.90 Å². The molecule has 1 aliphatic rings. The van der Waals surface area contributed by atoms with Crippen molar-refractivity contribution in [2.24, 2.45) is 5.73 Å². The molecule has 0 saturated carbocycles. The predicted octanol–water partition coefficient (Wildman–Crippen LogP) is 3.37. The van der Waals surface area contributed by atoms with Crippen LogP contribution in [0.1, 0.15) is 38.2 Å². The maximum atomic E-state index is 12.4. The summed E-state index contributed by atoms with van der Waals surface area (Å²) in [4.78, 5) is 14.4. The zero-order valence-corrected chi connectivity index (χ0v) is 14.6. The average Bonchev–Trinajstić information content (AvgIpc) is 2.53. The Hall–Kier alpha value is -1.40. The van der Waals surface area contributed by atoms with Crippen LogP contribution in [0, 0.1) is 0 Å². The summed E-state index contributed by atoms with van der Waals surface area (Å²) in [5, 5.41) is 0. The van der Waals surface area contributed by atoms with Crippen LogP contribution in [0.2, 0.25) is 0 Å². The molecule has 1 aromatic carbocycles. The van der Waals surface area contributed by atoms with Crippen LogP contribution < -0.4 is 10.5 Å². The maximum Gasteiger partial charge on any atom is 0.387 e. The van der Waals surface area contributed by atoms with Crippen molar-refractivity contribution >= 4 is 18.3 Å². The number of aryl methyl sites for hydroxylation is 1. The number of alkyl halides is 2. The Kier molecular flexibility index (Phi) is 8.42. The maximum absolute atomic E-state index is 12.4. The summed E-state index contributed by atoms with van der Waals surface area (Å²) >= 11 is 0. The van der Waals surface area contributed by atoms with Gasteiger partial charge in [0.05, 0.1) is 0 Å². The number of carbonyl (C=O) groups excluding carboxylic acids is 1. The summed E-state index contributed by atoms with van der Waals surface area (Å²) in [5.41, 5.74) is 6.92. The lowest BCUT2D eigenvalue weighted by Crippen LogP contribution is -2.51. The Morgan fingerprint density at radius 3 is 2.58 bits per heavy atom. The van der Waals surface area contributed by atoms with Gasteiger partial charge in [-0.05, 0) is 50.3 Å². The number of likely N-dealkylation sites (tertiary alicyclic amines) is 1. The predicted molar refractivity (Wildman–Crippen MR) is 91.6 cm³/mol. The van der Waals surface area contributed by atoms with Crippen LogP contribution in [0.15, 0.2) is 24.3 Å². The zero-order chi connectivity index (χ0) is 16.8. The molecule has 7 heteroatoms. The molecule has 0 aromatic heterocycles. The van der Waals surface area contributed by atoms with E-state index in [9.17, 15) is 13.6 Å². The van der Waals surface area contributed by atoms with Crippen molar-refractivity contribution < 1.29 is 18.3 Å². The molecule has 2 unspecified atom stereocenters. The summed E-state index contributed by atoms with van der Waals surface area (Å²) in [6.07, 6.45) is 4.08. The van der Waals surface area contributed by atoms with Gasteiger partial charge in [-0.25, -0.2) is 0 Å². The molecule has 0 aliphatic carbocycles. The number of hydrogen-bond acceptors (Lipinski definition) is 3. The lowest BCUT2D eigenvalue weighted by Gasteiger charge is -2.38. The highest BCUT2D eigenvalue weighted by atomic mass is 35.5. The lowest BCUT2D eigenvalue weighted by molar-refractivity contribution is -0.135. The molecule has 1 aliphatic heterocycles. The number of benzene rings is 1. The SMILES string of the molecule is CC(N)C1CCCCN1C(=O)CCc1ccc(OC(F)F)cc1.Cl. The quantitative estimate of drug-likeness (QED) is 0.844. The number of nitrogens with two attached hydrogens (primary N) is 1. The first-order valence-electron chi connectivity index (χ1n) is 8.06. The summed E-state index contributed by atoms with van der Waals surface area (Å²) in [6, 6.07) is 6.52. The molecule has 0 bridgehead atoms. The number of hydrogen-bond donors (Lipinski definition) is 1. The van der Waals surface area contributed by atoms with Crippen molar-refractivity contribution in [3.63, 3.8) is 0 Å². The van der Waals surface area contributed by atoms with Gasteiger partial charge in [-0.2, -0.15) is 8.78 Å². The summed E-state index contributed by atoms with van der Waals surface area (Å²) in [5.74, 6) is 0.239. The molecule has 1 aromatic rings. The van der Waals surface area contributed by atoms with Crippen molar-refractivity contribution in [3.05, 3.63) is 29.8 Å². The summed E-state index contributed by atoms with van der Waals surface area (Å²) in [6.45, 7) is -0.110. The van der Waals surface area contributed by atoms with E-state index in [0.717, 1.165) is 31.4 Å². The molecule has 2 N–H and O–H groups in total. The van der Waals surface area contributed by atoms with Crippen LogP contribution in [-0.2, 0) is 11.2 Å². The van der Waals surface area contributed by atoms with E-state index in [0.29, 0.717) is 12.8 Å². The fourth-order valence-corrected chi connectivity index (χ4v) is 3.05. The van der Waals surface area contributed by atoms with E-state index in [-0.39, 0.29) is 36.1 Å².